The molecular weight excluding hydrogens is 258 g/mol. The smallest absolute Gasteiger partial charge is 0.307 e. The van der Waals surface area contributed by atoms with Crippen molar-refractivity contribution in [3.05, 3.63) is 28.9 Å². The third-order valence-corrected chi connectivity index (χ3v) is 3.42. The molecule has 0 amide bonds. The van der Waals surface area contributed by atoms with Crippen LogP contribution in [0.4, 0.5) is 0 Å². The lowest BCUT2D eigenvalue weighted by Gasteiger charge is -2.00. The van der Waals surface area contributed by atoms with Gasteiger partial charge in [0.1, 0.15) is 0 Å². The van der Waals surface area contributed by atoms with E-state index in [0.29, 0.717) is 28.0 Å². The Morgan fingerprint density at radius 1 is 1.39 bits per heavy atom. The van der Waals surface area contributed by atoms with Crippen LogP contribution in [-0.2, 0) is 4.79 Å². The Balaban J connectivity index is 1.95. The molecule has 0 radical (unpaired) electrons. The molecule has 0 saturated heterocycles. The van der Waals surface area contributed by atoms with Gasteiger partial charge in [-0.2, -0.15) is 0 Å². The molecule has 2 aromatic rings. The monoisotopic (exact) mass is 265 g/mol. The summed E-state index contributed by atoms with van der Waals surface area (Å²) in [7, 11) is 0. The number of benzene rings is 1. The number of carboxylic acids is 1. The largest absolute Gasteiger partial charge is 0.481 e. The van der Waals surface area contributed by atoms with Gasteiger partial charge in [-0.05, 0) is 18.6 Å². The van der Waals surface area contributed by atoms with Crippen molar-refractivity contribution in [2.24, 2.45) is 11.8 Å². The molecule has 0 spiro atoms. The minimum Gasteiger partial charge on any atom is -0.481 e. The summed E-state index contributed by atoms with van der Waals surface area (Å²) in [6, 6.07) is 3.12. The molecule has 1 heterocycles. The highest BCUT2D eigenvalue weighted by Gasteiger charge is 2.48. The molecule has 0 bridgehead atoms. The van der Waals surface area contributed by atoms with E-state index in [0.717, 1.165) is 0 Å². The number of carbonyl (C=O) groups is 2. The fourth-order valence-corrected chi connectivity index (χ4v) is 2.32. The second-order valence-corrected chi connectivity index (χ2v) is 4.76. The van der Waals surface area contributed by atoms with Gasteiger partial charge in [0.05, 0.1) is 17.1 Å². The number of hydrogen-bond acceptors (Lipinski definition) is 4. The van der Waals surface area contributed by atoms with Crippen LogP contribution in [0.5, 0.6) is 0 Å². The lowest BCUT2D eigenvalue weighted by molar-refractivity contribution is -0.138. The van der Waals surface area contributed by atoms with E-state index in [4.69, 9.17) is 21.2 Å². The third-order valence-electron chi connectivity index (χ3n) is 3.14. The summed E-state index contributed by atoms with van der Waals surface area (Å²) in [6.45, 7) is 0. The zero-order valence-corrected chi connectivity index (χ0v) is 9.85. The van der Waals surface area contributed by atoms with Gasteiger partial charge in [-0.1, -0.05) is 16.8 Å². The summed E-state index contributed by atoms with van der Waals surface area (Å²) in [6.07, 6.45) is 1.87. The number of rotatable bonds is 3. The second kappa shape index (κ2) is 3.81. The van der Waals surface area contributed by atoms with Gasteiger partial charge in [-0.15, -0.1) is 0 Å². The minimum atomic E-state index is -0.925. The molecule has 2 atom stereocenters. The SMILES string of the molecule is O=C(O)[C@H]1C[C@@H]1C(=O)c1cc(Cl)c2oncc2c1. The average Bonchev–Trinajstić information content (AvgIpc) is 2.99. The number of carboxylic acid groups (broad SMARTS) is 1. The normalized spacial score (nSPS) is 22.1. The zero-order valence-electron chi connectivity index (χ0n) is 9.09. The van der Waals surface area contributed by atoms with Gasteiger partial charge in [0, 0.05) is 16.9 Å². The van der Waals surface area contributed by atoms with Gasteiger partial charge < -0.3 is 9.63 Å². The maximum atomic E-state index is 12.1. The lowest BCUT2D eigenvalue weighted by Crippen LogP contribution is -2.08. The first-order valence-electron chi connectivity index (χ1n) is 5.39. The van der Waals surface area contributed by atoms with Crippen molar-refractivity contribution in [1.29, 1.82) is 0 Å². The first kappa shape index (κ1) is 11.2. The van der Waals surface area contributed by atoms with E-state index in [-0.39, 0.29) is 5.78 Å². The maximum absolute atomic E-state index is 12.1. The molecule has 18 heavy (non-hydrogen) atoms. The summed E-state index contributed by atoms with van der Waals surface area (Å²) >= 11 is 5.97. The van der Waals surface area contributed by atoms with Crippen LogP contribution < -0.4 is 0 Å². The van der Waals surface area contributed by atoms with E-state index < -0.39 is 17.8 Å². The van der Waals surface area contributed by atoms with Crippen molar-refractivity contribution < 1.29 is 19.2 Å². The number of aromatic nitrogens is 1. The van der Waals surface area contributed by atoms with Crippen LogP contribution in [0, 0.1) is 11.8 Å². The zero-order chi connectivity index (χ0) is 12.9. The maximum Gasteiger partial charge on any atom is 0.307 e. The first-order valence-corrected chi connectivity index (χ1v) is 5.76. The quantitative estimate of drug-likeness (QED) is 0.862. The predicted molar refractivity (Wildman–Crippen MR) is 62.6 cm³/mol. The highest BCUT2D eigenvalue weighted by molar-refractivity contribution is 6.35. The number of fused-ring (bicyclic) bond motifs is 1. The Morgan fingerprint density at radius 3 is 2.83 bits per heavy atom. The molecule has 0 unspecified atom stereocenters. The van der Waals surface area contributed by atoms with E-state index >= 15 is 0 Å². The minimum absolute atomic E-state index is 0.188. The van der Waals surface area contributed by atoms with Crippen LogP contribution in [0.2, 0.25) is 5.02 Å². The average molecular weight is 266 g/mol. The molecule has 3 rings (SSSR count). The molecule has 0 aliphatic heterocycles. The van der Waals surface area contributed by atoms with Gasteiger partial charge in [0.25, 0.3) is 0 Å². The summed E-state index contributed by atoms with van der Waals surface area (Å²) in [5.74, 6) is -2.11. The van der Waals surface area contributed by atoms with E-state index in [9.17, 15) is 9.59 Å². The van der Waals surface area contributed by atoms with Crippen LogP contribution >= 0.6 is 11.6 Å². The highest BCUT2D eigenvalue weighted by atomic mass is 35.5. The molecule has 1 aliphatic carbocycles. The Morgan fingerprint density at radius 2 is 2.17 bits per heavy atom. The predicted octanol–water partition coefficient (Wildman–Crippen LogP) is 2.38. The molecule has 1 fully saturated rings. The fraction of sp³-hybridized carbons (Fsp3) is 0.250. The summed E-state index contributed by atoms with van der Waals surface area (Å²) in [5, 5.41) is 13.4. The van der Waals surface area contributed by atoms with Gasteiger partial charge in [-0.3, -0.25) is 9.59 Å². The Hall–Kier alpha value is -1.88. The van der Waals surface area contributed by atoms with E-state index in [2.05, 4.69) is 5.16 Å². The van der Waals surface area contributed by atoms with E-state index in [1.54, 1.807) is 6.07 Å². The van der Waals surface area contributed by atoms with Gasteiger partial charge in [0.15, 0.2) is 11.4 Å². The third kappa shape index (κ3) is 1.67. The Kier molecular flexibility index (Phi) is 2.38. The Labute approximate surface area is 106 Å². The summed E-state index contributed by atoms with van der Waals surface area (Å²) in [4.78, 5) is 22.8. The standard InChI is InChI=1S/C12H8ClNO4/c13-9-2-5(1-6-4-14-18-11(6)9)10(15)7-3-8(7)12(16)17/h1-2,4,7-8H,3H2,(H,16,17)/t7-,8-/m0/s1. The molecule has 1 aliphatic rings. The topological polar surface area (TPSA) is 80.4 Å². The molecule has 1 N–H and O–H groups in total. The summed E-state index contributed by atoms with van der Waals surface area (Å²) < 4.78 is 4.93. The van der Waals surface area contributed by atoms with Gasteiger partial charge >= 0.3 is 5.97 Å². The molecule has 1 aromatic carbocycles. The van der Waals surface area contributed by atoms with Crippen molar-refractivity contribution in [2.45, 2.75) is 6.42 Å². The molecule has 92 valence electrons. The van der Waals surface area contributed by atoms with Crippen LogP contribution in [0.25, 0.3) is 11.0 Å². The van der Waals surface area contributed by atoms with Crippen LogP contribution in [0.15, 0.2) is 22.9 Å². The number of Topliss-reactive ketones (excluding diaryl/α,β-unsaturated/α-hetero) is 1. The van der Waals surface area contributed by atoms with Crippen LogP contribution in [-0.4, -0.2) is 22.0 Å². The molecular formula is C12H8ClNO4. The second-order valence-electron chi connectivity index (χ2n) is 4.35. The molecule has 5 nitrogen and oxygen atoms in total. The van der Waals surface area contributed by atoms with Crippen molar-refractivity contribution in [3.8, 4) is 0 Å². The number of carbonyl (C=O) groups excluding carboxylic acids is 1. The number of hydrogen-bond donors (Lipinski definition) is 1. The lowest BCUT2D eigenvalue weighted by atomic mass is 10.0. The van der Waals surface area contributed by atoms with Crippen molar-refractivity contribution >= 4 is 34.3 Å². The van der Waals surface area contributed by atoms with Crippen LogP contribution in [0.3, 0.4) is 0 Å². The van der Waals surface area contributed by atoms with Gasteiger partial charge in [-0.25, -0.2) is 0 Å². The van der Waals surface area contributed by atoms with E-state index in [1.807, 2.05) is 0 Å². The number of ketones is 1. The van der Waals surface area contributed by atoms with E-state index in [1.165, 1.54) is 12.3 Å². The fourth-order valence-electron chi connectivity index (χ4n) is 2.06. The number of aliphatic carboxylic acids is 1. The van der Waals surface area contributed by atoms with Crippen molar-refractivity contribution in [2.75, 3.05) is 0 Å². The number of nitrogens with zero attached hydrogens (tertiary/aromatic N) is 1. The van der Waals surface area contributed by atoms with Crippen LogP contribution in [0.1, 0.15) is 16.8 Å². The molecule has 6 heteroatoms. The molecule has 1 aromatic heterocycles. The highest BCUT2D eigenvalue weighted by Crippen LogP contribution is 2.41. The summed E-state index contributed by atoms with van der Waals surface area (Å²) in [5.41, 5.74) is 0.836. The number of halogens is 1. The first-order chi connectivity index (χ1) is 8.58. The van der Waals surface area contributed by atoms with Crippen molar-refractivity contribution in [3.63, 3.8) is 0 Å². The molecule has 1 saturated carbocycles. The van der Waals surface area contributed by atoms with Crippen molar-refractivity contribution in [1.82, 2.24) is 5.16 Å². The Bertz CT molecular complexity index is 663. The van der Waals surface area contributed by atoms with Gasteiger partial charge in [0.2, 0.25) is 0 Å².